The van der Waals surface area contributed by atoms with Crippen molar-refractivity contribution in [3.05, 3.63) is 45.4 Å². The minimum absolute atomic E-state index is 0.0439. The Morgan fingerprint density at radius 3 is 2.79 bits per heavy atom. The molecule has 6 nitrogen and oxygen atoms in total. The lowest BCUT2D eigenvalue weighted by atomic mass is 9.87. The fraction of sp³-hybridized carbons (Fsp3) is 0.429. The molecular weight excluding hydrogens is 395 g/mol. The fourth-order valence-corrected chi connectivity index (χ4v) is 4.94. The highest BCUT2D eigenvalue weighted by Gasteiger charge is 2.29. The van der Waals surface area contributed by atoms with E-state index in [0.29, 0.717) is 44.8 Å². The van der Waals surface area contributed by atoms with Gasteiger partial charge >= 0.3 is 0 Å². The van der Waals surface area contributed by atoms with Crippen molar-refractivity contribution in [2.75, 3.05) is 38.7 Å². The van der Waals surface area contributed by atoms with Crippen molar-refractivity contribution in [1.29, 1.82) is 0 Å². The third-order valence-corrected chi connectivity index (χ3v) is 6.61. The molecule has 2 aliphatic rings. The summed E-state index contributed by atoms with van der Waals surface area (Å²) in [6, 6.07) is 6.31. The number of hydrogen-bond donors (Lipinski definition) is 1. The first-order chi connectivity index (χ1) is 14.0. The van der Waals surface area contributed by atoms with Crippen LogP contribution in [0, 0.1) is 11.7 Å². The zero-order valence-corrected chi connectivity index (χ0v) is 17.0. The third kappa shape index (κ3) is 4.28. The van der Waals surface area contributed by atoms with E-state index in [1.165, 1.54) is 35.5 Å². The molecule has 2 heterocycles. The van der Waals surface area contributed by atoms with Crippen LogP contribution in [-0.4, -0.2) is 50.1 Å². The summed E-state index contributed by atoms with van der Waals surface area (Å²) in [4.78, 5) is 29.1. The maximum atomic E-state index is 13.9. The quantitative estimate of drug-likeness (QED) is 0.829. The zero-order chi connectivity index (χ0) is 20.4. The molecule has 0 radical (unpaired) electrons. The van der Waals surface area contributed by atoms with Gasteiger partial charge in [-0.05, 0) is 43.0 Å². The van der Waals surface area contributed by atoms with Gasteiger partial charge in [-0.3, -0.25) is 9.59 Å². The number of carbonyl (C=O) groups excluding carboxylic acids is 2. The van der Waals surface area contributed by atoms with Gasteiger partial charge in [0.1, 0.15) is 0 Å². The Bertz CT molecular complexity index is 923. The van der Waals surface area contributed by atoms with E-state index in [1.54, 1.807) is 6.07 Å². The lowest BCUT2D eigenvalue weighted by Gasteiger charge is -2.26. The van der Waals surface area contributed by atoms with Gasteiger partial charge in [-0.15, -0.1) is 11.3 Å². The van der Waals surface area contributed by atoms with Crippen LogP contribution < -0.4 is 10.1 Å². The number of benzene rings is 1. The number of halogens is 1. The highest BCUT2D eigenvalue weighted by atomic mass is 32.1. The highest BCUT2D eigenvalue weighted by molar-refractivity contribution is 7.14. The Labute approximate surface area is 172 Å². The summed E-state index contributed by atoms with van der Waals surface area (Å²) in [7, 11) is 1.40. The third-order valence-electron chi connectivity index (χ3n) is 5.38. The number of aryl methyl sites for hydroxylation is 1. The second-order valence-corrected chi connectivity index (χ2v) is 8.38. The van der Waals surface area contributed by atoms with Gasteiger partial charge in [0.2, 0.25) is 5.91 Å². The Morgan fingerprint density at radius 1 is 1.28 bits per heavy atom. The first kappa shape index (κ1) is 19.8. The maximum Gasteiger partial charge on any atom is 0.264 e. The molecule has 1 aromatic carbocycles. The minimum Gasteiger partial charge on any atom is -0.494 e. The van der Waals surface area contributed by atoms with Crippen LogP contribution in [0.15, 0.2) is 24.3 Å². The molecule has 1 aliphatic heterocycles. The molecule has 29 heavy (non-hydrogen) atoms. The Morgan fingerprint density at radius 2 is 2.07 bits per heavy atom. The topological polar surface area (TPSA) is 67.9 Å². The van der Waals surface area contributed by atoms with Gasteiger partial charge in [-0.1, -0.05) is 0 Å². The van der Waals surface area contributed by atoms with Crippen LogP contribution in [-0.2, 0) is 22.4 Å². The molecule has 1 fully saturated rings. The van der Waals surface area contributed by atoms with Crippen molar-refractivity contribution >= 4 is 28.8 Å². The van der Waals surface area contributed by atoms with E-state index in [2.05, 4.69) is 5.32 Å². The number of morpholine rings is 1. The summed E-state index contributed by atoms with van der Waals surface area (Å²) in [5, 5.41) is 2.80. The average molecular weight is 418 g/mol. The standard InChI is InChI=1S/C21H23FN2O4S/c1-27-17-4-3-15(12-16(17)22)23-20(25)13-2-5-18-14(10-13)11-19(29-18)21(26)24-6-8-28-9-7-24/h3-4,11-13H,2,5-10H2,1H3,(H,23,25)/t13-/m1/s1. The van der Waals surface area contributed by atoms with Crippen LogP contribution in [0.25, 0.3) is 0 Å². The van der Waals surface area contributed by atoms with Gasteiger partial charge in [-0.2, -0.15) is 0 Å². The number of amides is 2. The van der Waals surface area contributed by atoms with Crippen molar-refractivity contribution < 1.29 is 23.5 Å². The number of nitrogens with zero attached hydrogens (tertiary/aromatic N) is 1. The SMILES string of the molecule is COc1ccc(NC(=O)[C@@H]2CCc3sc(C(=O)N4CCOCC4)cc3C2)cc1F. The Hall–Kier alpha value is -2.45. The molecule has 1 saturated heterocycles. The molecule has 0 spiro atoms. The van der Waals surface area contributed by atoms with E-state index >= 15 is 0 Å². The molecule has 1 aromatic heterocycles. The molecule has 1 N–H and O–H groups in total. The smallest absolute Gasteiger partial charge is 0.264 e. The molecular formula is C21H23FN2O4S. The van der Waals surface area contributed by atoms with Crippen LogP contribution in [0.4, 0.5) is 10.1 Å². The van der Waals surface area contributed by atoms with Gasteiger partial charge in [0.25, 0.3) is 5.91 Å². The Balaban J connectivity index is 1.41. The summed E-state index contributed by atoms with van der Waals surface area (Å²) in [5.41, 5.74) is 1.48. The van der Waals surface area contributed by atoms with Crippen LogP contribution in [0.5, 0.6) is 5.75 Å². The molecule has 4 rings (SSSR count). The molecule has 2 amide bonds. The monoisotopic (exact) mass is 418 g/mol. The van der Waals surface area contributed by atoms with Crippen molar-refractivity contribution in [3.8, 4) is 5.75 Å². The first-order valence-electron chi connectivity index (χ1n) is 9.68. The summed E-state index contributed by atoms with van der Waals surface area (Å²) in [6.45, 7) is 2.38. The number of rotatable bonds is 4. The predicted octanol–water partition coefficient (Wildman–Crippen LogP) is 3.11. The number of ether oxygens (including phenoxy) is 2. The summed E-state index contributed by atoms with van der Waals surface area (Å²) < 4.78 is 24.1. The van der Waals surface area contributed by atoms with E-state index in [-0.39, 0.29) is 23.5 Å². The summed E-state index contributed by atoms with van der Waals surface area (Å²) >= 11 is 1.53. The summed E-state index contributed by atoms with van der Waals surface area (Å²) in [5.74, 6) is -0.662. The number of nitrogens with one attached hydrogen (secondary N) is 1. The largest absolute Gasteiger partial charge is 0.494 e. The van der Waals surface area contributed by atoms with E-state index in [4.69, 9.17) is 9.47 Å². The number of thiophene rings is 1. The van der Waals surface area contributed by atoms with E-state index < -0.39 is 5.82 Å². The lowest BCUT2D eigenvalue weighted by molar-refractivity contribution is -0.120. The minimum atomic E-state index is -0.514. The average Bonchev–Trinajstić information content (AvgIpc) is 3.17. The number of anilines is 1. The Kier molecular flexibility index (Phi) is 5.82. The van der Waals surface area contributed by atoms with E-state index in [1.807, 2.05) is 11.0 Å². The van der Waals surface area contributed by atoms with E-state index in [0.717, 1.165) is 16.9 Å². The highest BCUT2D eigenvalue weighted by Crippen LogP contribution is 2.34. The number of carbonyl (C=O) groups is 2. The fourth-order valence-electron chi connectivity index (χ4n) is 3.76. The second kappa shape index (κ2) is 8.51. The molecule has 8 heteroatoms. The van der Waals surface area contributed by atoms with Crippen molar-refractivity contribution in [2.24, 2.45) is 5.92 Å². The lowest BCUT2D eigenvalue weighted by Crippen LogP contribution is -2.40. The molecule has 0 saturated carbocycles. The maximum absolute atomic E-state index is 13.9. The van der Waals surface area contributed by atoms with Crippen molar-refractivity contribution in [2.45, 2.75) is 19.3 Å². The van der Waals surface area contributed by atoms with Crippen LogP contribution in [0.1, 0.15) is 26.5 Å². The number of methoxy groups -OCH3 is 1. The molecule has 1 atom stereocenters. The number of fused-ring (bicyclic) bond motifs is 1. The van der Waals surface area contributed by atoms with Gasteiger partial charge in [0.15, 0.2) is 11.6 Å². The molecule has 0 unspecified atom stereocenters. The molecule has 0 bridgehead atoms. The van der Waals surface area contributed by atoms with E-state index in [9.17, 15) is 14.0 Å². The van der Waals surface area contributed by atoms with Crippen molar-refractivity contribution in [1.82, 2.24) is 4.90 Å². The van der Waals surface area contributed by atoms with Crippen LogP contribution in [0.2, 0.25) is 0 Å². The zero-order valence-electron chi connectivity index (χ0n) is 16.2. The van der Waals surface area contributed by atoms with Crippen LogP contribution in [0.3, 0.4) is 0 Å². The number of hydrogen-bond acceptors (Lipinski definition) is 5. The van der Waals surface area contributed by atoms with Gasteiger partial charge in [0.05, 0.1) is 25.2 Å². The van der Waals surface area contributed by atoms with Gasteiger partial charge in [-0.25, -0.2) is 4.39 Å². The molecule has 1 aliphatic carbocycles. The second-order valence-electron chi connectivity index (χ2n) is 7.24. The van der Waals surface area contributed by atoms with Crippen molar-refractivity contribution in [3.63, 3.8) is 0 Å². The summed E-state index contributed by atoms with van der Waals surface area (Å²) in [6.07, 6.45) is 2.07. The van der Waals surface area contributed by atoms with Gasteiger partial charge < -0.3 is 19.7 Å². The van der Waals surface area contributed by atoms with Gasteiger partial charge in [0, 0.05) is 35.6 Å². The molecule has 2 aromatic rings. The van der Waals surface area contributed by atoms with Crippen LogP contribution >= 0.6 is 11.3 Å². The predicted molar refractivity (Wildman–Crippen MR) is 108 cm³/mol. The first-order valence-corrected chi connectivity index (χ1v) is 10.5. The molecule has 154 valence electrons. The normalized spacial score (nSPS) is 18.8.